The lowest BCUT2D eigenvalue weighted by Gasteiger charge is -2.20. The molecular weight excluding hydrogens is 336 g/mol. The van der Waals surface area contributed by atoms with Crippen LogP contribution in [0.2, 0.25) is 0 Å². The third-order valence-corrected chi connectivity index (χ3v) is 5.28. The van der Waals surface area contributed by atoms with E-state index in [-0.39, 0.29) is 24.3 Å². The third-order valence-electron chi connectivity index (χ3n) is 5.28. The molecule has 2 N–H and O–H groups in total. The van der Waals surface area contributed by atoms with Crippen LogP contribution in [0.25, 0.3) is 0 Å². The smallest absolute Gasteiger partial charge is 0.251 e. The molecule has 142 valence electrons. The Morgan fingerprint density at radius 2 is 1.78 bits per heavy atom. The van der Waals surface area contributed by atoms with Crippen LogP contribution >= 0.6 is 0 Å². The first-order chi connectivity index (χ1) is 13.0. The molecule has 2 aromatic rings. The molecule has 0 saturated carbocycles. The van der Waals surface area contributed by atoms with Crippen LogP contribution in [0.3, 0.4) is 0 Å². The van der Waals surface area contributed by atoms with Crippen LogP contribution in [0.1, 0.15) is 64.8 Å². The Hall–Kier alpha value is -2.62. The van der Waals surface area contributed by atoms with Crippen molar-refractivity contribution in [2.45, 2.75) is 52.0 Å². The van der Waals surface area contributed by atoms with Gasteiger partial charge in [0, 0.05) is 18.5 Å². The van der Waals surface area contributed by atoms with E-state index in [0.717, 1.165) is 24.0 Å². The van der Waals surface area contributed by atoms with E-state index in [4.69, 9.17) is 0 Å². The maximum atomic E-state index is 12.2. The maximum Gasteiger partial charge on any atom is 0.251 e. The molecule has 0 heterocycles. The van der Waals surface area contributed by atoms with Gasteiger partial charge in [-0.2, -0.15) is 0 Å². The lowest BCUT2D eigenvalue weighted by atomic mass is 9.89. The lowest BCUT2D eigenvalue weighted by molar-refractivity contribution is -0.121. The second kappa shape index (κ2) is 8.85. The number of hydrogen-bond acceptors (Lipinski definition) is 2. The summed E-state index contributed by atoms with van der Waals surface area (Å²) in [5.74, 6) is -0.186. The number of benzene rings is 2. The summed E-state index contributed by atoms with van der Waals surface area (Å²) >= 11 is 0. The highest BCUT2D eigenvalue weighted by atomic mass is 16.2. The zero-order chi connectivity index (χ0) is 19.2. The van der Waals surface area contributed by atoms with Gasteiger partial charge in [-0.3, -0.25) is 9.59 Å². The molecule has 2 amide bonds. The monoisotopic (exact) mass is 364 g/mol. The van der Waals surface area contributed by atoms with Gasteiger partial charge in [0.1, 0.15) is 0 Å². The van der Waals surface area contributed by atoms with Crippen molar-refractivity contribution in [1.29, 1.82) is 0 Å². The van der Waals surface area contributed by atoms with Crippen LogP contribution in [0.15, 0.2) is 42.5 Å². The first kappa shape index (κ1) is 19.2. The molecule has 3 rings (SSSR count). The van der Waals surface area contributed by atoms with E-state index >= 15 is 0 Å². The number of carbonyl (C=O) groups excluding carboxylic acids is 2. The fourth-order valence-electron chi connectivity index (χ4n) is 3.63. The molecule has 0 radical (unpaired) electrons. The van der Waals surface area contributed by atoms with E-state index in [9.17, 15) is 9.59 Å². The molecule has 4 heteroatoms. The van der Waals surface area contributed by atoms with Gasteiger partial charge in [-0.1, -0.05) is 36.4 Å². The Balaban J connectivity index is 1.48. The van der Waals surface area contributed by atoms with Gasteiger partial charge in [-0.25, -0.2) is 0 Å². The van der Waals surface area contributed by atoms with Gasteiger partial charge in [-0.15, -0.1) is 0 Å². The number of hydrogen-bond donors (Lipinski definition) is 2. The first-order valence-corrected chi connectivity index (χ1v) is 9.79. The number of rotatable bonds is 6. The summed E-state index contributed by atoms with van der Waals surface area (Å²) in [4.78, 5) is 24.4. The summed E-state index contributed by atoms with van der Waals surface area (Å²) in [5.41, 5.74) is 5.60. The number of nitrogens with one attached hydrogen (secondary N) is 2. The van der Waals surface area contributed by atoms with Gasteiger partial charge in [0.05, 0.1) is 6.04 Å². The van der Waals surface area contributed by atoms with Crippen molar-refractivity contribution in [2.24, 2.45) is 0 Å². The molecule has 0 aliphatic heterocycles. The number of amides is 2. The zero-order valence-corrected chi connectivity index (χ0v) is 16.2. The van der Waals surface area contributed by atoms with Gasteiger partial charge in [-0.05, 0) is 67.9 Å². The quantitative estimate of drug-likeness (QED) is 0.817. The summed E-state index contributed by atoms with van der Waals surface area (Å²) in [6.07, 6.45) is 5.09. The minimum atomic E-state index is -0.136. The first-order valence-electron chi connectivity index (χ1n) is 9.79. The molecule has 1 atom stereocenters. The Kier molecular flexibility index (Phi) is 6.28. The molecule has 27 heavy (non-hydrogen) atoms. The summed E-state index contributed by atoms with van der Waals surface area (Å²) in [7, 11) is 0. The number of carbonyl (C=O) groups is 2. The second-order valence-electron chi connectivity index (χ2n) is 7.35. The highest BCUT2D eigenvalue weighted by Gasteiger charge is 2.14. The molecule has 0 fully saturated rings. The molecular formula is C23H28N2O2. The van der Waals surface area contributed by atoms with E-state index in [2.05, 4.69) is 28.8 Å². The molecule has 0 spiro atoms. The fraction of sp³-hybridized carbons (Fsp3) is 0.391. The third kappa shape index (κ3) is 4.97. The summed E-state index contributed by atoms with van der Waals surface area (Å²) in [6.45, 7) is 4.24. The van der Waals surface area contributed by atoms with E-state index in [1.165, 1.54) is 24.0 Å². The van der Waals surface area contributed by atoms with Gasteiger partial charge in [0.15, 0.2) is 0 Å². The van der Waals surface area contributed by atoms with E-state index in [0.29, 0.717) is 12.1 Å². The largest absolute Gasteiger partial charge is 0.352 e. The SMILES string of the molecule is Cc1ccccc1C(=O)NCCC(=O)N[C@H](C)c1ccc2c(c1)CCCC2. The lowest BCUT2D eigenvalue weighted by Crippen LogP contribution is -2.32. The topological polar surface area (TPSA) is 58.2 Å². The van der Waals surface area contributed by atoms with Gasteiger partial charge >= 0.3 is 0 Å². The van der Waals surface area contributed by atoms with E-state index in [1.54, 1.807) is 6.07 Å². The van der Waals surface area contributed by atoms with Crippen molar-refractivity contribution < 1.29 is 9.59 Å². The van der Waals surface area contributed by atoms with Crippen LogP contribution in [-0.2, 0) is 17.6 Å². The van der Waals surface area contributed by atoms with Gasteiger partial charge in [0.25, 0.3) is 5.91 Å². The van der Waals surface area contributed by atoms with Crippen molar-refractivity contribution >= 4 is 11.8 Å². The van der Waals surface area contributed by atoms with Crippen molar-refractivity contribution in [3.63, 3.8) is 0 Å². The van der Waals surface area contributed by atoms with Gasteiger partial charge < -0.3 is 10.6 Å². The summed E-state index contributed by atoms with van der Waals surface area (Å²) in [5, 5.41) is 5.86. The van der Waals surface area contributed by atoms with E-state index < -0.39 is 0 Å². The molecule has 4 nitrogen and oxygen atoms in total. The minimum absolute atomic E-state index is 0.0307. The van der Waals surface area contributed by atoms with Crippen molar-refractivity contribution in [1.82, 2.24) is 10.6 Å². The van der Waals surface area contributed by atoms with Crippen LogP contribution in [0.4, 0.5) is 0 Å². The minimum Gasteiger partial charge on any atom is -0.352 e. The summed E-state index contributed by atoms with van der Waals surface area (Å²) in [6, 6.07) is 14.0. The molecule has 0 bridgehead atoms. The molecule has 0 aromatic heterocycles. The van der Waals surface area contributed by atoms with Crippen LogP contribution in [-0.4, -0.2) is 18.4 Å². The average Bonchev–Trinajstić information content (AvgIpc) is 2.67. The standard InChI is InChI=1S/C23H28N2O2/c1-16-7-3-6-10-21(16)23(27)24-14-13-22(26)25-17(2)19-12-11-18-8-4-5-9-20(18)15-19/h3,6-7,10-12,15,17H,4-5,8-9,13-14H2,1-2H3,(H,24,27)(H,25,26)/t17-/m1/s1. The van der Waals surface area contributed by atoms with Crippen molar-refractivity contribution in [3.05, 3.63) is 70.3 Å². The van der Waals surface area contributed by atoms with Crippen molar-refractivity contribution in [3.8, 4) is 0 Å². The normalized spacial score (nSPS) is 14.1. The zero-order valence-electron chi connectivity index (χ0n) is 16.2. The highest BCUT2D eigenvalue weighted by molar-refractivity contribution is 5.95. The Morgan fingerprint density at radius 1 is 1.04 bits per heavy atom. The van der Waals surface area contributed by atoms with Crippen molar-refractivity contribution in [2.75, 3.05) is 6.54 Å². The van der Waals surface area contributed by atoms with Gasteiger partial charge in [0.2, 0.25) is 5.91 Å². The van der Waals surface area contributed by atoms with Crippen LogP contribution in [0, 0.1) is 6.92 Å². The predicted octanol–water partition coefficient (Wildman–Crippen LogP) is 3.87. The molecule has 1 aliphatic carbocycles. The molecule has 0 saturated heterocycles. The molecule has 2 aromatic carbocycles. The molecule has 0 unspecified atom stereocenters. The summed E-state index contributed by atoms with van der Waals surface area (Å²) < 4.78 is 0. The Bertz CT molecular complexity index is 829. The highest BCUT2D eigenvalue weighted by Crippen LogP contribution is 2.24. The van der Waals surface area contributed by atoms with Crippen LogP contribution < -0.4 is 10.6 Å². The van der Waals surface area contributed by atoms with Crippen LogP contribution in [0.5, 0.6) is 0 Å². The second-order valence-corrected chi connectivity index (χ2v) is 7.35. The number of fused-ring (bicyclic) bond motifs is 1. The average molecular weight is 364 g/mol. The number of aryl methyl sites for hydroxylation is 3. The molecule has 1 aliphatic rings. The fourth-order valence-corrected chi connectivity index (χ4v) is 3.63. The Morgan fingerprint density at radius 3 is 2.56 bits per heavy atom. The predicted molar refractivity (Wildman–Crippen MR) is 108 cm³/mol. The van der Waals surface area contributed by atoms with E-state index in [1.807, 2.05) is 32.0 Å². The Labute approximate surface area is 161 Å². The maximum absolute atomic E-state index is 12.2.